The number of aromatic nitrogens is 2. The zero-order chi connectivity index (χ0) is 15.4. The standard InChI is InChI=1S/C15H19ClN4O/c1-9-4-5-14(13(16)6-9)18-15(21)17-10(2)7-12-8-11(3)19-20-12/h4-6,8,10H,7H2,1-3H3,(H,19,20)(H2,17,18,21)/t10-/m0/s1. The Labute approximate surface area is 129 Å². The molecular formula is C15H19ClN4O. The zero-order valence-electron chi connectivity index (χ0n) is 12.3. The summed E-state index contributed by atoms with van der Waals surface area (Å²) in [5.41, 5.74) is 3.58. The molecule has 0 bridgehead atoms. The third-order valence-electron chi connectivity index (χ3n) is 3.02. The van der Waals surface area contributed by atoms with Gasteiger partial charge in [0.2, 0.25) is 0 Å². The fourth-order valence-corrected chi connectivity index (χ4v) is 2.33. The largest absolute Gasteiger partial charge is 0.335 e. The molecule has 0 aliphatic rings. The van der Waals surface area contributed by atoms with Crippen LogP contribution in [-0.2, 0) is 6.42 Å². The maximum absolute atomic E-state index is 11.9. The molecule has 0 radical (unpaired) electrons. The first-order valence-electron chi connectivity index (χ1n) is 6.78. The highest BCUT2D eigenvalue weighted by atomic mass is 35.5. The monoisotopic (exact) mass is 306 g/mol. The minimum Gasteiger partial charge on any atom is -0.335 e. The van der Waals surface area contributed by atoms with Gasteiger partial charge in [-0.2, -0.15) is 5.10 Å². The topological polar surface area (TPSA) is 69.8 Å². The number of carbonyl (C=O) groups is 1. The van der Waals surface area contributed by atoms with Crippen LogP contribution in [0.25, 0.3) is 0 Å². The molecule has 2 aromatic rings. The van der Waals surface area contributed by atoms with Gasteiger partial charge < -0.3 is 10.6 Å². The number of urea groups is 1. The van der Waals surface area contributed by atoms with Gasteiger partial charge in [0.15, 0.2) is 0 Å². The number of halogens is 1. The molecule has 5 nitrogen and oxygen atoms in total. The van der Waals surface area contributed by atoms with Crippen LogP contribution in [0.15, 0.2) is 24.3 Å². The highest BCUT2D eigenvalue weighted by Crippen LogP contribution is 2.22. The Balaban J connectivity index is 1.89. The summed E-state index contributed by atoms with van der Waals surface area (Å²) in [4.78, 5) is 11.9. The predicted molar refractivity (Wildman–Crippen MR) is 84.8 cm³/mol. The Bertz CT molecular complexity index is 638. The van der Waals surface area contributed by atoms with Crippen LogP contribution < -0.4 is 10.6 Å². The summed E-state index contributed by atoms with van der Waals surface area (Å²) in [6, 6.07) is 7.16. The van der Waals surface area contributed by atoms with Crippen molar-refractivity contribution in [3.05, 3.63) is 46.2 Å². The number of rotatable bonds is 4. The van der Waals surface area contributed by atoms with Gasteiger partial charge >= 0.3 is 6.03 Å². The molecule has 3 N–H and O–H groups in total. The van der Waals surface area contributed by atoms with E-state index < -0.39 is 0 Å². The molecule has 0 aliphatic heterocycles. The minimum atomic E-state index is -0.277. The molecule has 21 heavy (non-hydrogen) atoms. The third-order valence-corrected chi connectivity index (χ3v) is 3.34. The Hall–Kier alpha value is -2.01. The van der Waals surface area contributed by atoms with Crippen molar-refractivity contribution in [3.63, 3.8) is 0 Å². The van der Waals surface area contributed by atoms with Crippen molar-refractivity contribution < 1.29 is 4.79 Å². The number of hydrogen-bond acceptors (Lipinski definition) is 2. The number of nitrogens with one attached hydrogen (secondary N) is 3. The second kappa shape index (κ2) is 6.63. The highest BCUT2D eigenvalue weighted by Gasteiger charge is 2.11. The lowest BCUT2D eigenvalue weighted by molar-refractivity contribution is 0.249. The Kier molecular flexibility index (Phi) is 4.85. The van der Waals surface area contributed by atoms with Crippen LogP contribution in [0.4, 0.5) is 10.5 Å². The van der Waals surface area contributed by atoms with E-state index in [1.165, 1.54) is 0 Å². The first-order chi connectivity index (χ1) is 9.94. The summed E-state index contributed by atoms with van der Waals surface area (Å²) in [5.74, 6) is 0. The lowest BCUT2D eigenvalue weighted by Crippen LogP contribution is -2.37. The zero-order valence-corrected chi connectivity index (χ0v) is 13.1. The van der Waals surface area contributed by atoms with Crippen LogP contribution in [0.3, 0.4) is 0 Å². The van der Waals surface area contributed by atoms with Gasteiger partial charge in [-0.15, -0.1) is 0 Å². The van der Waals surface area contributed by atoms with E-state index in [1.807, 2.05) is 39.0 Å². The predicted octanol–water partition coefficient (Wildman–Crippen LogP) is 3.43. The number of amides is 2. The molecule has 6 heteroatoms. The number of aryl methyl sites for hydroxylation is 2. The number of nitrogens with zero attached hydrogens (tertiary/aromatic N) is 1. The molecule has 0 saturated heterocycles. The average molecular weight is 307 g/mol. The Morgan fingerprint density at radius 2 is 2.14 bits per heavy atom. The van der Waals surface area contributed by atoms with Crippen molar-refractivity contribution in [3.8, 4) is 0 Å². The van der Waals surface area contributed by atoms with Crippen molar-refractivity contribution in [2.45, 2.75) is 33.2 Å². The fraction of sp³-hybridized carbons (Fsp3) is 0.333. The van der Waals surface area contributed by atoms with Crippen LogP contribution in [0, 0.1) is 13.8 Å². The van der Waals surface area contributed by atoms with Gasteiger partial charge in [0.05, 0.1) is 16.4 Å². The van der Waals surface area contributed by atoms with Gasteiger partial charge in [-0.3, -0.25) is 5.10 Å². The summed E-state index contributed by atoms with van der Waals surface area (Å²) in [6.07, 6.45) is 0.666. The van der Waals surface area contributed by atoms with E-state index >= 15 is 0 Å². The number of hydrogen-bond donors (Lipinski definition) is 3. The first kappa shape index (κ1) is 15.4. The van der Waals surface area contributed by atoms with Crippen molar-refractivity contribution >= 4 is 23.3 Å². The number of benzene rings is 1. The summed E-state index contributed by atoms with van der Waals surface area (Å²) in [6.45, 7) is 5.82. The maximum Gasteiger partial charge on any atom is 0.319 e. The smallest absolute Gasteiger partial charge is 0.319 e. The Morgan fingerprint density at radius 1 is 1.38 bits per heavy atom. The Morgan fingerprint density at radius 3 is 2.76 bits per heavy atom. The van der Waals surface area contributed by atoms with E-state index in [9.17, 15) is 4.79 Å². The lowest BCUT2D eigenvalue weighted by Gasteiger charge is -2.14. The van der Waals surface area contributed by atoms with Gasteiger partial charge in [-0.05, 0) is 44.5 Å². The number of H-pyrrole nitrogens is 1. The average Bonchev–Trinajstić information content (AvgIpc) is 2.78. The molecule has 1 aromatic carbocycles. The van der Waals surface area contributed by atoms with Crippen molar-refractivity contribution in [2.75, 3.05) is 5.32 Å². The molecule has 0 spiro atoms. The molecular weight excluding hydrogens is 288 g/mol. The molecule has 112 valence electrons. The summed E-state index contributed by atoms with van der Waals surface area (Å²) >= 11 is 6.09. The van der Waals surface area contributed by atoms with Crippen molar-refractivity contribution in [1.82, 2.24) is 15.5 Å². The van der Waals surface area contributed by atoms with Crippen LogP contribution in [0.5, 0.6) is 0 Å². The molecule has 0 fully saturated rings. The molecule has 2 amide bonds. The second-order valence-electron chi connectivity index (χ2n) is 5.23. The van der Waals surface area contributed by atoms with E-state index in [0.717, 1.165) is 17.0 Å². The van der Waals surface area contributed by atoms with Gasteiger partial charge in [0, 0.05) is 18.2 Å². The molecule has 1 atom stereocenters. The normalized spacial score (nSPS) is 12.0. The first-order valence-corrected chi connectivity index (χ1v) is 7.16. The van der Waals surface area contributed by atoms with E-state index in [4.69, 9.17) is 11.6 Å². The van der Waals surface area contributed by atoms with Gasteiger partial charge in [0.1, 0.15) is 0 Å². The van der Waals surface area contributed by atoms with Crippen molar-refractivity contribution in [2.24, 2.45) is 0 Å². The van der Waals surface area contributed by atoms with Crippen molar-refractivity contribution in [1.29, 1.82) is 0 Å². The quantitative estimate of drug-likeness (QED) is 0.810. The maximum atomic E-state index is 11.9. The van der Waals surface area contributed by atoms with Crippen LogP contribution in [-0.4, -0.2) is 22.3 Å². The molecule has 0 aliphatic carbocycles. The second-order valence-corrected chi connectivity index (χ2v) is 5.64. The minimum absolute atomic E-state index is 0.0306. The number of carbonyl (C=O) groups excluding carboxylic acids is 1. The van der Waals surface area contributed by atoms with E-state index in [2.05, 4.69) is 20.8 Å². The van der Waals surface area contributed by atoms with Gasteiger partial charge in [-0.25, -0.2) is 4.79 Å². The fourth-order valence-electron chi connectivity index (χ4n) is 2.05. The SMILES string of the molecule is Cc1ccc(NC(=O)N[C@@H](C)Cc2cc(C)[nH]n2)c(Cl)c1. The summed E-state index contributed by atoms with van der Waals surface area (Å²) in [5, 5.41) is 13.2. The summed E-state index contributed by atoms with van der Waals surface area (Å²) in [7, 11) is 0. The third kappa shape index (κ3) is 4.49. The molecule has 1 aromatic heterocycles. The van der Waals surface area contributed by atoms with Gasteiger partial charge in [-0.1, -0.05) is 17.7 Å². The van der Waals surface area contributed by atoms with E-state index in [-0.39, 0.29) is 12.1 Å². The van der Waals surface area contributed by atoms with Crippen LogP contribution in [0.2, 0.25) is 5.02 Å². The van der Waals surface area contributed by atoms with Gasteiger partial charge in [0.25, 0.3) is 0 Å². The van der Waals surface area contributed by atoms with E-state index in [0.29, 0.717) is 17.1 Å². The van der Waals surface area contributed by atoms with Crippen LogP contribution in [0.1, 0.15) is 23.9 Å². The number of anilines is 1. The molecule has 2 rings (SSSR count). The molecule has 1 heterocycles. The molecule has 0 saturated carbocycles. The lowest BCUT2D eigenvalue weighted by atomic mass is 10.2. The summed E-state index contributed by atoms with van der Waals surface area (Å²) < 4.78 is 0. The van der Waals surface area contributed by atoms with Crippen LogP contribution >= 0.6 is 11.6 Å². The molecule has 0 unspecified atom stereocenters. The van der Waals surface area contributed by atoms with E-state index in [1.54, 1.807) is 6.07 Å². The number of aromatic amines is 1. The highest BCUT2D eigenvalue weighted by molar-refractivity contribution is 6.33.